The maximum Gasteiger partial charge on any atom is 0.407 e. The Balaban J connectivity index is 1.32. The molecule has 8 heteroatoms. The molecule has 3 amide bonds. The Bertz CT molecular complexity index is 1100. The molecule has 34 heavy (non-hydrogen) atoms. The Morgan fingerprint density at radius 1 is 0.912 bits per heavy atom. The minimum absolute atomic E-state index is 0.225. The third-order valence-corrected chi connectivity index (χ3v) is 5.31. The number of aromatic nitrogens is 1. The summed E-state index contributed by atoms with van der Waals surface area (Å²) < 4.78 is 5.15. The number of unbranched alkanes of at least 4 members (excludes halogenated alkanes) is 2. The molecule has 8 nitrogen and oxygen atoms in total. The molecule has 2 aromatic carbocycles. The minimum atomic E-state index is -0.817. The second-order valence-corrected chi connectivity index (χ2v) is 8.02. The van der Waals surface area contributed by atoms with Crippen LogP contribution < -0.4 is 16.4 Å². The van der Waals surface area contributed by atoms with E-state index in [1.54, 1.807) is 0 Å². The molecule has 0 saturated carbocycles. The number of alkyl carbamates (subject to hydrolysis) is 1. The average molecular weight is 463 g/mol. The van der Waals surface area contributed by atoms with Crippen LogP contribution >= 0.6 is 0 Å². The van der Waals surface area contributed by atoms with Gasteiger partial charge in [-0.15, -0.1) is 0 Å². The first-order chi connectivity index (χ1) is 16.5. The summed E-state index contributed by atoms with van der Waals surface area (Å²) in [5, 5.41) is 6.41. The molecule has 1 atom stereocenters. The van der Waals surface area contributed by atoms with Gasteiger partial charge in [-0.05, 0) is 30.5 Å². The molecule has 0 unspecified atom stereocenters. The van der Waals surface area contributed by atoms with Crippen LogP contribution in [0, 0.1) is 0 Å². The predicted molar refractivity (Wildman–Crippen MR) is 130 cm³/mol. The van der Waals surface area contributed by atoms with E-state index in [0.717, 1.165) is 22.9 Å². The van der Waals surface area contributed by atoms with Crippen LogP contribution in [-0.2, 0) is 27.4 Å². The van der Waals surface area contributed by atoms with Gasteiger partial charge in [-0.3, -0.25) is 14.6 Å². The van der Waals surface area contributed by atoms with Crippen LogP contribution in [0.1, 0.15) is 36.9 Å². The van der Waals surface area contributed by atoms with Gasteiger partial charge in [-0.1, -0.05) is 61.0 Å². The zero-order valence-corrected chi connectivity index (χ0v) is 19.0. The Labute approximate surface area is 198 Å². The molecule has 0 saturated heterocycles. The lowest BCUT2D eigenvalue weighted by Gasteiger charge is -2.15. The zero-order valence-electron chi connectivity index (χ0n) is 19.0. The number of para-hydroxylation sites is 1. The van der Waals surface area contributed by atoms with Gasteiger partial charge in [-0.2, -0.15) is 0 Å². The van der Waals surface area contributed by atoms with E-state index in [2.05, 4.69) is 15.6 Å². The van der Waals surface area contributed by atoms with Crippen molar-refractivity contribution in [2.24, 2.45) is 5.73 Å². The van der Waals surface area contributed by atoms with E-state index in [9.17, 15) is 14.4 Å². The van der Waals surface area contributed by atoms with Gasteiger partial charge in [0.05, 0.1) is 5.52 Å². The number of ether oxygens (including phenoxy) is 1. The molecule has 3 rings (SSSR count). The summed E-state index contributed by atoms with van der Waals surface area (Å²) in [7, 11) is 0. The number of carbonyl (C=O) groups is 3. The van der Waals surface area contributed by atoms with Gasteiger partial charge < -0.3 is 21.1 Å². The summed E-state index contributed by atoms with van der Waals surface area (Å²) >= 11 is 0. The minimum Gasteiger partial charge on any atom is -0.445 e. The van der Waals surface area contributed by atoms with Crippen molar-refractivity contribution < 1.29 is 19.1 Å². The van der Waals surface area contributed by atoms with Crippen LogP contribution in [0.2, 0.25) is 0 Å². The quantitative estimate of drug-likeness (QED) is 0.357. The van der Waals surface area contributed by atoms with Crippen molar-refractivity contribution in [3.63, 3.8) is 0 Å². The van der Waals surface area contributed by atoms with Gasteiger partial charge in [0.2, 0.25) is 11.8 Å². The molecule has 0 aliphatic carbocycles. The highest BCUT2D eigenvalue weighted by Gasteiger charge is 2.19. The highest BCUT2D eigenvalue weighted by Crippen LogP contribution is 2.13. The van der Waals surface area contributed by atoms with E-state index in [1.807, 2.05) is 66.7 Å². The zero-order chi connectivity index (χ0) is 24.2. The summed E-state index contributed by atoms with van der Waals surface area (Å²) in [6.45, 7) is 0.690. The largest absolute Gasteiger partial charge is 0.445 e. The molecule has 0 aliphatic rings. The fraction of sp³-hybridized carbons (Fsp3) is 0.308. The number of hydrogen-bond donors (Lipinski definition) is 3. The van der Waals surface area contributed by atoms with Crippen molar-refractivity contribution in [1.29, 1.82) is 0 Å². The predicted octanol–water partition coefficient (Wildman–Crippen LogP) is 3.23. The smallest absolute Gasteiger partial charge is 0.407 e. The van der Waals surface area contributed by atoms with Crippen molar-refractivity contribution in [2.75, 3.05) is 6.54 Å². The van der Waals surface area contributed by atoms with Crippen LogP contribution in [0.3, 0.4) is 0 Å². The van der Waals surface area contributed by atoms with Crippen molar-refractivity contribution in [1.82, 2.24) is 15.6 Å². The van der Waals surface area contributed by atoms with Crippen LogP contribution in [0.15, 0.2) is 66.7 Å². The first-order valence-corrected chi connectivity index (χ1v) is 11.4. The maximum atomic E-state index is 12.3. The number of nitrogens with two attached hydrogens (primary N) is 1. The Morgan fingerprint density at radius 2 is 1.68 bits per heavy atom. The molecule has 0 radical (unpaired) electrons. The van der Waals surface area contributed by atoms with Crippen LogP contribution in [0.5, 0.6) is 0 Å². The Hall–Kier alpha value is -3.94. The summed E-state index contributed by atoms with van der Waals surface area (Å²) in [5.41, 5.74) is 7.94. The van der Waals surface area contributed by atoms with Crippen LogP contribution in [0.25, 0.3) is 10.9 Å². The summed E-state index contributed by atoms with van der Waals surface area (Å²) in [6, 6.07) is 20.1. The van der Waals surface area contributed by atoms with Gasteiger partial charge in [-0.25, -0.2) is 4.79 Å². The molecule has 0 bridgehead atoms. The molecule has 0 aliphatic heterocycles. The highest BCUT2D eigenvalue weighted by molar-refractivity contribution is 5.87. The van der Waals surface area contributed by atoms with Gasteiger partial charge in [0.25, 0.3) is 0 Å². The fourth-order valence-electron chi connectivity index (χ4n) is 3.47. The molecule has 0 spiro atoms. The Morgan fingerprint density at radius 3 is 2.47 bits per heavy atom. The molecule has 178 valence electrons. The molecule has 3 aromatic rings. The number of primary amides is 1. The second-order valence-electron chi connectivity index (χ2n) is 8.02. The number of fused-ring (bicyclic) bond motifs is 1. The first kappa shape index (κ1) is 24.7. The van der Waals surface area contributed by atoms with Crippen molar-refractivity contribution in [3.05, 3.63) is 78.0 Å². The van der Waals surface area contributed by atoms with E-state index in [1.165, 1.54) is 0 Å². The number of nitrogens with zero attached hydrogens (tertiary/aromatic N) is 1. The SMILES string of the molecule is NC(=O)[C@@H](Cc1ccc2ccccc2n1)NC(=O)CCCCCNC(=O)OCc1ccccc1. The standard InChI is InChI=1S/C26H30N4O4/c27-25(32)23(17-21-15-14-20-11-6-7-12-22(20)29-21)30-24(31)13-5-2-8-16-28-26(33)34-18-19-9-3-1-4-10-19/h1,3-4,6-7,9-12,14-15,23H,2,5,8,13,16-18H2,(H2,27,32)(H,28,33)(H,30,31)/t23-/m1/s1. The third-order valence-electron chi connectivity index (χ3n) is 5.31. The molecule has 0 fully saturated rings. The normalized spacial score (nSPS) is 11.5. The first-order valence-electron chi connectivity index (χ1n) is 11.4. The highest BCUT2D eigenvalue weighted by atomic mass is 16.5. The van der Waals surface area contributed by atoms with Crippen molar-refractivity contribution in [2.45, 2.75) is 44.8 Å². The number of pyridine rings is 1. The molecular formula is C26H30N4O4. The maximum absolute atomic E-state index is 12.3. The lowest BCUT2D eigenvalue weighted by atomic mass is 10.1. The molecule has 1 aromatic heterocycles. The van der Waals surface area contributed by atoms with E-state index < -0.39 is 18.0 Å². The Kier molecular flexibility index (Phi) is 9.40. The van der Waals surface area contributed by atoms with Gasteiger partial charge in [0, 0.05) is 30.5 Å². The van der Waals surface area contributed by atoms with E-state index in [-0.39, 0.29) is 25.4 Å². The number of carbonyl (C=O) groups excluding carboxylic acids is 3. The molecular weight excluding hydrogens is 432 g/mol. The number of benzene rings is 2. The average Bonchev–Trinajstić information content (AvgIpc) is 2.85. The lowest BCUT2D eigenvalue weighted by Crippen LogP contribution is -2.45. The number of nitrogens with one attached hydrogen (secondary N) is 2. The summed E-state index contributed by atoms with van der Waals surface area (Å²) in [4.78, 5) is 40.4. The van der Waals surface area contributed by atoms with E-state index >= 15 is 0 Å². The number of rotatable bonds is 12. The van der Waals surface area contributed by atoms with Crippen molar-refractivity contribution in [3.8, 4) is 0 Å². The molecule has 4 N–H and O–H groups in total. The van der Waals surface area contributed by atoms with Crippen molar-refractivity contribution >= 4 is 28.8 Å². The molecule has 1 heterocycles. The fourth-order valence-corrected chi connectivity index (χ4v) is 3.47. The van der Waals surface area contributed by atoms with Gasteiger partial charge >= 0.3 is 6.09 Å². The lowest BCUT2D eigenvalue weighted by molar-refractivity contribution is -0.127. The summed E-state index contributed by atoms with van der Waals surface area (Å²) in [6.07, 6.45) is 2.14. The number of hydrogen-bond acceptors (Lipinski definition) is 5. The van der Waals surface area contributed by atoms with E-state index in [4.69, 9.17) is 10.5 Å². The van der Waals surface area contributed by atoms with Gasteiger partial charge in [0.1, 0.15) is 12.6 Å². The topological polar surface area (TPSA) is 123 Å². The number of amides is 3. The van der Waals surface area contributed by atoms with Gasteiger partial charge in [0.15, 0.2) is 0 Å². The second kappa shape index (κ2) is 12.9. The summed E-state index contributed by atoms with van der Waals surface area (Å²) in [5.74, 6) is -0.832. The van der Waals surface area contributed by atoms with Crippen LogP contribution in [0.4, 0.5) is 4.79 Å². The van der Waals surface area contributed by atoms with Crippen LogP contribution in [-0.4, -0.2) is 35.5 Å². The third kappa shape index (κ3) is 8.20. The van der Waals surface area contributed by atoms with E-state index in [0.29, 0.717) is 25.1 Å². The monoisotopic (exact) mass is 462 g/mol.